The standard InChI is InChI=1S/C24H25N5/c1-29-12-11-16-7-8-19(13-18(16)15-29)24(26)27-14-21-22(25)10-9-20(23(21)28-24)17-5-3-2-4-6-17/h2-10,13-14,28H,11-12,15,25-26H2,1H3. The van der Waals surface area contributed by atoms with Crippen LogP contribution in [0.15, 0.2) is 65.7 Å². The van der Waals surface area contributed by atoms with E-state index in [0.29, 0.717) is 5.69 Å². The Hall–Kier alpha value is -3.15. The lowest BCUT2D eigenvalue weighted by Gasteiger charge is -2.35. The van der Waals surface area contributed by atoms with Crippen molar-refractivity contribution in [2.75, 3.05) is 24.6 Å². The average molecular weight is 383 g/mol. The summed E-state index contributed by atoms with van der Waals surface area (Å²) >= 11 is 0. The molecular weight excluding hydrogens is 358 g/mol. The minimum atomic E-state index is -1.03. The zero-order valence-electron chi connectivity index (χ0n) is 16.5. The van der Waals surface area contributed by atoms with Crippen molar-refractivity contribution in [1.29, 1.82) is 0 Å². The fraction of sp³-hybridized carbons (Fsp3) is 0.208. The van der Waals surface area contributed by atoms with Crippen LogP contribution in [0.5, 0.6) is 0 Å². The summed E-state index contributed by atoms with van der Waals surface area (Å²) < 4.78 is 0. The molecule has 0 aliphatic carbocycles. The number of nitrogens with one attached hydrogen (secondary N) is 1. The van der Waals surface area contributed by atoms with Gasteiger partial charge in [0.15, 0.2) is 0 Å². The van der Waals surface area contributed by atoms with E-state index in [4.69, 9.17) is 11.5 Å². The number of fused-ring (bicyclic) bond motifs is 2. The fourth-order valence-corrected chi connectivity index (χ4v) is 4.24. The van der Waals surface area contributed by atoms with Crippen molar-refractivity contribution in [2.45, 2.75) is 18.8 Å². The zero-order valence-corrected chi connectivity index (χ0v) is 16.5. The number of hydrogen-bond acceptors (Lipinski definition) is 5. The highest BCUT2D eigenvalue weighted by atomic mass is 15.3. The molecule has 0 aromatic heterocycles. The number of likely N-dealkylation sites (N-methyl/N-ethyl adjacent to an activating group) is 1. The van der Waals surface area contributed by atoms with Crippen molar-refractivity contribution in [3.05, 3.63) is 82.9 Å². The molecular formula is C24H25N5. The number of nitrogens with two attached hydrogens (primary N) is 2. The molecule has 2 heterocycles. The Morgan fingerprint density at radius 1 is 1.03 bits per heavy atom. The van der Waals surface area contributed by atoms with Crippen LogP contribution in [-0.2, 0) is 18.8 Å². The second-order valence-corrected chi connectivity index (χ2v) is 7.98. The highest BCUT2D eigenvalue weighted by Crippen LogP contribution is 2.39. The molecule has 2 aliphatic rings. The maximum absolute atomic E-state index is 6.80. The minimum Gasteiger partial charge on any atom is -0.398 e. The van der Waals surface area contributed by atoms with E-state index in [-0.39, 0.29) is 0 Å². The smallest absolute Gasteiger partial charge is 0.209 e. The Morgan fingerprint density at radius 2 is 1.86 bits per heavy atom. The van der Waals surface area contributed by atoms with Gasteiger partial charge in [0, 0.05) is 41.7 Å². The van der Waals surface area contributed by atoms with Crippen LogP contribution in [0.3, 0.4) is 0 Å². The molecule has 3 aromatic rings. The topological polar surface area (TPSA) is 79.7 Å². The van der Waals surface area contributed by atoms with Crippen LogP contribution in [0, 0.1) is 0 Å². The van der Waals surface area contributed by atoms with E-state index in [9.17, 15) is 0 Å². The van der Waals surface area contributed by atoms with Crippen LogP contribution in [-0.4, -0.2) is 24.7 Å². The molecule has 5 N–H and O–H groups in total. The molecule has 1 atom stereocenters. The Bertz CT molecular complexity index is 1110. The first-order chi connectivity index (χ1) is 14.0. The Labute approximate surface area is 171 Å². The number of aliphatic imine (C=N–C) groups is 1. The summed E-state index contributed by atoms with van der Waals surface area (Å²) in [4.78, 5) is 7.01. The lowest BCUT2D eigenvalue weighted by atomic mass is 9.93. The van der Waals surface area contributed by atoms with Crippen molar-refractivity contribution in [3.8, 4) is 11.1 Å². The summed E-state index contributed by atoms with van der Waals surface area (Å²) in [7, 11) is 2.15. The van der Waals surface area contributed by atoms with Gasteiger partial charge in [-0.1, -0.05) is 48.5 Å². The van der Waals surface area contributed by atoms with Crippen LogP contribution in [0.4, 0.5) is 11.4 Å². The summed E-state index contributed by atoms with van der Waals surface area (Å²) in [5.74, 6) is -1.03. The third-order valence-electron chi connectivity index (χ3n) is 5.93. The van der Waals surface area contributed by atoms with Crippen molar-refractivity contribution < 1.29 is 0 Å². The number of hydrogen-bond donors (Lipinski definition) is 3. The SMILES string of the molecule is CN1CCc2ccc(C3(N)N=Cc4c(N)ccc(-c5ccccc5)c4N3)cc2C1. The van der Waals surface area contributed by atoms with E-state index in [2.05, 4.69) is 52.6 Å². The van der Waals surface area contributed by atoms with E-state index in [1.807, 2.05) is 30.3 Å². The molecule has 0 saturated heterocycles. The van der Waals surface area contributed by atoms with Gasteiger partial charge in [-0.05, 0) is 42.3 Å². The molecule has 0 fully saturated rings. The van der Waals surface area contributed by atoms with Crippen LogP contribution in [0.2, 0.25) is 0 Å². The van der Waals surface area contributed by atoms with Crippen LogP contribution in [0.1, 0.15) is 22.3 Å². The number of anilines is 2. The highest BCUT2D eigenvalue weighted by molar-refractivity contribution is 6.01. The summed E-state index contributed by atoms with van der Waals surface area (Å²) in [6.07, 6.45) is 2.87. The Balaban J connectivity index is 1.59. The van der Waals surface area contributed by atoms with E-state index in [1.165, 1.54) is 11.1 Å². The van der Waals surface area contributed by atoms with Gasteiger partial charge in [0.1, 0.15) is 0 Å². The van der Waals surface area contributed by atoms with Gasteiger partial charge in [0.25, 0.3) is 0 Å². The summed E-state index contributed by atoms with van der Waals surface area (Å²) in [5, 5.41) is 3.50. The van der Waals surface area contributed by atoms with Gasteiger partial charge in [-0.2, -0.15) is 0 Å². The minimum absolute atomic E-state index is 0.685. The van der Waals surface area contributed by atoms with E-state index < -0.39 is 5.79 Å². The van der Waals surface area contributed by atoms with Crippen molar-refractivity contribution in [1.82, 2.24) is 4.90 Å². The van der Waals surface area contributed by atoms with E-state index >= 15 is 0 Å². The van der Waals surface area contributed by atoms with Gasteiger partial charge in [-0.3, -0.25) is 5.73 Å². The van der Waals surface area contributed by atoms with Crippen molar-refractivity contribution in [2.24, 2.45) is 10.7 Å². The molecule has 5 nitrogen and oxygen atoms in total. The second kappa shape index (κ2) is 6.72. The van der Waals surface area contributed by atoms with E-state index in [1.54, 1.807) is 6.21 Å². The second-order valence-electron chi connectivity index (χ2n) is 7.98. The maximum Gasteiger partial charge on any atom is 0.209 e. The molecule has 3 aromatic carbocycles. The van der Waals surface area contributed by atoms with Crippen LogP contribution in [0.25, 0.3) is 11.1 Å². The fourth-order valence-electron chi connectivity index (χ4n) is 4.24. The monoisotopic (exact) mass is 383 g/mol. The Morgan fingerprint density at radius 3 is 2.69 bits per heavy atom. The summed E-state index contributed by atoms with van der Waals surface area (Å²) in [6, 6.07) is 20.7. The van der Waals surface area contributed by atoms with Gasteiger partial charge < -0.3 is 16.0 Å². The number of nitrogen functional groups attached to an aromatic ring is 1. The predicted molar refractivity (Wildman–Crippen MR) is 120 cm³/mol. The normalized spacial score (nSPS) is 20.6. The highest BCUT2D eigenvalue weighted by Gasteiger charge is 2.32. The summed E-state index contributed by atoms with van der Waals surface area (Å²) in [5.41, 5.74) is 21.4. The van der Waals surface area contributed by atoms with Crippen LogP contribution < -0.4 is 16.8 Å². The van der Waals surface area contributed by atoms with Gasteiger partial charge in [0.05, 0.1) is 5.69 Å². The third-order valence-corrected chi connectivity index (χ3v) is 5.93. The molecule has 5 rings (SSSR count). The Kier molecular flexibility index (Phi) is 4.15. The molecule has 146 valence electrons. The zero-order chi connectivity index (χ0) is 20.0. The molecule has 2 aliphatic heterocycles. The summed E-state index contributed by atoms with van der Waals surface area (Å²) in [6.45, 7) is 2.02. The van der Waals surface area contributed by atoms with E-state index in [0.717, 1.165) is 47.5 Å². The lowest BCUT2D eigenvalue weighted by Crippen LogP contribution is -2.45. The number of benzene rings is 3. The largest absolute Gasteiger partial charge is 0.398 e. The molecule has 0 amide bonds. The van der Waals surface area contributed by atoms with Gasteiger partial charge >= 0.3 is 0 Å². The third kappa shape index (κ3) is 3.09. The molecule has 0 saturated carbocycles. The first-order valence-corrected chi connectivity index (χ1v) is 9.94. The van der Waals surface area contributed by atoms with Crippen LogP contribution >= 0.6 is 0 Å². The quantitative estimate of drug-likeness (QED) is 0.592. The maximum atomic E-state index is 6.80. The average Bonchev–Trinajstić information content (AvgIpc) is 2.74. The molecule has 0 bridgehead atoms. The van der Waals surface area contributed by atoms with Gasteiger partial charge in [-0.15, -0.1) is 0 Å². The molecule has 0 radical (unpaired) electrons. The van der Waals surface area contributed by atoms with Crippen molar-refractivity contribution >= 4 is 17.6 Å². The van der Waals surface area contributed by atoms with Crippen molar-refractivity contribution in [3.63, 3.8) is 0 Å². The molecule has 29 heavy (non-hydrogen) atoms. The lowest BCUT2D eigenvalue weighted by molar-refractivity contribution is 0.312. The van der Waals surface area contributed by atoms with Gasteiger partial charge in [-0.25, -0.2) is 4.99 Å². The molecule has 0 spiro atoms. The molecule has 5 heteroatoms. The first-order valence-electron chi connectivity index (χ1n) is 9.94. The number of rotatable bonds is 2. The number of nitrogens with zero attached hydrogens (tertiary/aromatic N) is 2. The predicted octanol–water partition coefficient (Wildman–Crippen LogP) is 3.54. The first kappa shape index (κ1) is 17.9. The molecule has 1 unspecified atom stereocenters. The van der Waals surface area contributed by atoms with Gasteiger partial charge in [0.2, 0.25) is 5.79 Å².